The van der Waals surface area contributed by atoms with Gasteiger partial charge >= 0.3 is 6.03 Å². The highest BCUT2D eigenvalue weighted by atomic mass is 16.5. The summed E-state index contributed by atoms with van der Waals surface area (Å²) in [5.41, 5.74) is 2.38. The largest absolute Gasteiger partial charge is 0.381 e. The number of aryl methyl sites for hydroxylation is 1. The highest BCUT2D eigenvalue weighted by molar-refractivity contribution is 5.75. The molecule has 5 heteroatoms. The first-order chi connectivity index (χ1) is 12.2. The Bertz CT molecular complexity index is 561. The molecular formula is C20H30N2O3. The average molecular weight is 346 g/mol. The first-order valence-electron chi connectivity index (χ1n) is 9.48. The van der Waals surface area contributed by atoms with Crippen molar-refractivity contribution in [3.63, 3.8) is 0 Å². The van der Waals surface area contributed by atoms with Gasteiger partial charge in [-0.3, -0.25) is 0 Å². The molecule has 1 N–H and O–H groups in total. The van der Waals surface area contributed by atoms with Crippen molar-refractivity contribution in [2.24, 2.45) is 5.92 Å². The lowest BCUT2D eigenvalue weighted by atomic mass is 9.95. The number of amides is 2. The zero-order valence-corrected chi connectivity index (χ0v) is 15.4. The van der Waals surface area contributed by atoms with Crippen molar-refractivity contribution < 1.29 is 14.3 Å². The number of benzene rings is 1. The van der Waals surface area contributed by atoms with Crippen LogP contribution in [0.1, 0.15) is 43.4 Å². The van der Waals surface area contributed by atoms with Crippen LogP contribution in [0.25, 0.3) is 0 Å². The summed E-state index contributed by atoms with van der Waals surface area (Å²) in [6, 6.07) is 8.49. The van der Waals surface area contributed by atoms with Gasteiger partial charge in [-0.25, -0.2) is 4.79 Å². The van der Waals surface area contributed by atoms with E-state index in [0.29, 0.717) is 5.92 Å². The van der Waals surface area contributed by atoms with E-state index < -0.39 is 0 Å². The lowest BCUT2D eigenvalue weighted by molar-refractivity contribution is -0.00853. The number of hydrogen-bond acceptors (Lipinski definition) is 3. The smallest absolute Gasteiger partial charge is 0.317 e. The van der Waals surface area contributed by atoms with Crippen LogP contribution in [0.15, 0.2) is 24.3 Å². The fraction of sp³-hybridized carbons (Fsp3) is 0.650. The molecular weight excluding hydrogens is 316 g/mol. The van der Waals surface area contributed by atoms with Gasteiger partial charge in [0.15, 0.2) is 0 Å². The Hall–Kier alpha value is -1.59. The Labute approximate surface area is 150 Å². The van der Waals surface area contributed by atoms with Crippen molar-refractivity contribution in [2.45, 2.75) is 45.3 Å². The van der Waals surface area contributed by atoms with E-state index in [1.165, 1.54) is 5.56 Å². The van der Waals surface area contributed by atoms with Crippen LogP contribution in [0.4, 0.5) is 4.79 Å². The molecule has 0 aromatic heterocycles. The van der Waals surface area contributed by atoms with Gasteiger partial charge < -0.3 is 19.7 Å². The first kappa shape index (κ1) is 18.2. The van der Waals surface area contributed by atoms with Gasteiger partial charge in [-0.1, -0.05) is 29.8 Å². The zero-order valence-electron chi connectivity index (χ0n) is 15.4. The summed E-state index contributed by atoms with van der Waals surface area (Å²) in [5, 5.41) is 3.22. The predicted octanol–water partition coefficient (Wildman–Crippen LogP) is 3.28. The topological polar surface area (TPSA) is 50.8 Å². The Morgan fingerprint density at radius 3 is 2.88 bits per heavy atom. The van der Waals surface area contributed by atoms with E-state index in [0.717, 1.165) is 57.7 Å². The summed E-state index contributed by atoms with van der Waals surface area (Å²) in [4.78, 5) is 14.6. The van der Waals surface area contributed by atoms with Gasteiger partial charge in [0.25, 0.3) is 0 Å². The summed E-state index contributed by atoms with van der Waals surface area (Å²) in [5.74, 6) is 0.459. The second kappa shape index (κ2) is 8.68. The predicted molar refractivity (Wildman–Crippen MR) is 97.6 cm³/mol. The molecule has 0 aliphatic carbocycles. The minimum Gasteiger partial charge on any atom is -0.381 e. The lowest BCUT2D eigenvalue weighted by Crippen LogP contribution is -2.48. The summed E-state index contributed by atoms with van der Waals surface area (Å²) in [6.45, 7) is 7.93. The number of nitrogens with zero attached hydrogens (tertiary/aromatic N) is 1. The van der Waals surface area contributed by atoms with Crippen LogP contribution in [0.2, 0.25) is 0 Å². The summed E-state index contributed by atoms with van der Waals surface area (Å²) >= 11 is 0. The van der Waals surface area contributed by atoms with Gasteiger partial charge in [0.05, 0.1) is 12.6 Å². The average Bonchev–Trinajstić information content (AvgIpc) is 3.10. The number of urea groups is 1. The van der Waals surface area contributed by atoms with Crippen LogP contribution in [-0.2, 0) is 9.47 Å². The van der Waals surface area contributed by atoms with Crippen LogP contribution < -0.4 is 5.32 Å². The first-order valence-corrected chi connectivity index (χ1v) is 9.48. The quantitative estimate of drug-likeness (QED) is 0.890. The maximum atomic E-state index is 12.7. The van der Waals surface area contributed by atoms with Crippen molar-refractivity contribution >= 4 is 6.03 Å². The summed E-state index contributed by atoms with van der Waals surface area (Å²) < 4.78 is 11.5. The summed E-state index contributed by atoms with van der Waals surface area (Å²) in [7, 11) is 0. The Kier molecular flexibility index (Phi) is 6.32. The maximum Gasteiger partial charge on any atom is 0.317 e. The van der Waals surface area contributed by atoms with E-state index >= 15 is 0 Å². The third-order valence-electron chi connectivity index (χ3n) is 5.17. The van der Waals surface area contributed by atoms with Gasteiger partial charge in [-0.2, -0.15) is 0 Å². The Morgan fingerprint density at radius 2 is 2.12 bits per heavy atom. The van der Waals surface area contributed by atoms with Crippen LogP contribution >= 0.6 is 0 Å². The Morgan fingerprint density at radius 1 is 1.32 bits per heavy atom. The molecule has 2 amide bonds. The van der Waals surface area contributed by atoms with Crippen molar-refractivity contribution in [3.8, 4) is 0 Å². The Balaban J connectivity index is 1.58. The molecule has 2 heterocycles. The molecule has 138 valence electrons. The molecule has 5 nitrogen and oxygen atoms in total. The van der Waals surface area contributed by atoms with E-state index in [9.17, 15) is 4.79 Å². The van der Waals surface area contributed by atoms with Crippen LogP contribution in [0.3, 0.4) is 0 Å². The van der Waals surface area contributed by atoms with E-state index in [-0.39, 0.29) is 18.2 Å². The number of ether oxygens (including phenoxy) is 2. The standard InChI is InChI=1S/C20H30N2O3/c1-3-24-14-16-10-11-22(13-16)20(23)21-18-5-4-12-25-19(18)17-8-6-15(2)7-9-17/h6-9,16,18-19H,3-5,10-14H2,1-2H3,(H,21,23)/t16-,18+,19+/m1/s1. The molecule has 3 rings (SSSR count). The van der Waals surface area contributed by atoms with Crippen molar-refractivity contribution in [1.29, 1.82) is 0 Å². The fourth-order valence-corrected chi connectivity index (χ4v) is 3.70. The molecule has 2 fully saturated rings. The molecule has 1 aromatic carbocycles. The number of rotatable bonds is 5. The van der Waals surface area contributed by atoms with Crippen molar-refractivity contribution in [3.05, 3.63) is 35.4 Å². The number of carbonyl (C=O) groups excluding carboxylic acids is 1. The molecule has 25 heavy (non-hydrogen) atoms. The van der Waals surface area contributed by atoms with Crippen LogP contribution in [-0.4, -0.2) is 49.9 Å². The molecule has 2 aliphatic heterocycles. The second-order valence-electron chi connectivity index (χ2n) is 7.16. The third kappa shape index (κ3) is 4.73. The SMILES string of the molecule is CCOC[C@@H]1CCN(C(=O)N[C@H]2CCCO[C@H]2c2ccc(C)cc2)C1. The fourth-order valence-electron chi connectivity index (χ4n) is 3.70. The lowest BCUT2D eigenvalue weighted by Gasteiger charge is -2.34. The molecule has 0 bridgehead atoms. The van der Waals surface area contributed by atoms with E-state index in [2.05, 4.69) is 36.5 Å². The molecule has 2 saturated heterocycles. The molecule has 0 radical (unpaired) electrons. The minimum absolute atomic E-state index is 0.0339. The number of likely N-dealkylation sites (tertiary alicyclic amines) is 1. The van der Waals surface area contributed by atoms with Crippen LogP contribution in [0.5, 0.6) is 0 Å². The normalized spacial score (nSPS) is 26.6. The molecule has 0 unspecified atom stereocenters. The van der Waals surface area contributed by atoms with Crippen LogP contribution in [0, 0.1) is 12.8 Å². The highest BCUT2D eigenvalue weighted by Crippen LogP contribution is 2.29. The monoisotopic (exact) mass is 346 g/mol. The van der Waals surface area contributed by atoms with Gasteiger partial charge in [0, 0.05) is 32.2 Å². The van der Waals surface area contributed by atoms with Gasteiger partial charge in [0.1, 0.15) is 6.10 Å². The molecule has 0 spiro atoms. The minimum atomic E-state index is -0.0554. The van der Waals surface area contributed by atoms with E-state index in [4.69, 9.17) is 9.47 Å². The molecule has 0 saturated carbocycles. The highest BCUT2D eigenvalue weighted by Gasteiger charge is 2.32. The molecule has 1 aromatic rings. The van der Waals surface area contributed by atoms with Gasteiger partial charge in [0.2, 0.25) is 0 Å². The summed E-state index contributed by atoms with van der Waals surface area (Å²) in [6.07, 6.45) is 2.91. The molecule has 2 aliphatic rings. The van der Waals surface area contributed by atoms with Crippen molar-refractivity contribution in [2.75, 3.05) is 32.9 Å². The number of hydrogen-bond donors (Lipinski definition) is 1. The third-order valence-corrected chi connectivity index (χ3v) is 5.17. The van der Waals surface area contributed by atoms with Crippen molar-refractivity contribution in [1.82, 2.24) is 10.2 Å². The number of nitrogens with one attached hydrogen (secondary N) is 1. The number of carbonyl (C=O) groups is 1. The van der Waals surface area contributed by atoms with E-state index in [1.54, 1.807) is 0 Å². The van der Waals surface area contributed by atoms with Gasteiger partial charge in [-0.05, 0) is 38.7 Å². The molecule has 3 atom stereocenters. The van der Waals surface area contributed by atoms with E-state index in [1.807, 2.05) is 11.8 Å². The maximum absolute atomic E-state index is 12.7. The van der Waals surface area contributed by atoms with Gasteiger partial charge in [-0.15, -0.1) is 0 Å². The second-order valence-corrected chi connectivity index (χ2v) is 7.16. The zero-order chi connectivity index (χ0) is 17.6.